The maximum Gasteiger partial charge on any atom is 0.123 e. The van der Waals surface area contributed by atoms with Crippen molar-refractivity contribution in [2.45, 2.75) is 58.8 Å². The monoisotopic (exact) mass is 307 g/mol. The second-order valence-corrected chi connectivity index (χ2v) is 7.28. The second-order valence-electron chi connectivity index (χ2n) is 7.28. The minimum absolute atomic E-state index is 0.0447. The summed E-state index contributed by atoms with van der Waals surface area (Å²) in [5, 5.41) is 9.35. The van der Waals surface area contributed by atoms with Crippen LogP contribution in [0.1, 0.15) is 64.5 Å². The van der Waals surface area contributed by atoms with E-state index in [0.717, 1.165) is 25.2 Å². The Morgan fingerprint density at radius 1 is 1.27 bits per heavy atom. The van der Waals surface area contributed by atoms with Crippen LogP contribution in [0.4, 0.5) is 0 Å². The molecule has 0 aliphatic heterocycles. The Labute approximate surface area is 135 Å². The molecule has 2 unspecified atom stereocenters. The van der Waals surface area contributed by atoms with Crippen LogP contribution in [0, 0.1) is 5.92 Å². The Morgan fingerprint density at radius 3 is 2.45 bits per heavy atom. The lowest BCUT2D eigenvalue weighted by atomic mass is 9.82. The average molecular weight is 307 g/mol. The van der Waals surface area contributed by atoms with Gasteiger partial charge in [0.1, 0.15) is 5.75 Å². The van der Waals surface area contributed by atoms with Crippen molar-refractivity contribution in [3.63, 3.8) is 0 Å². The van der Waals surface area contributed by atoms with Gasteiger partial charge >= 0.3 is 0 Å². The van der Waals surface area contributed by atoms with E-state index in [-0.39, 0.29) is 17.9 Å². The Bertz CT molecular complexity index is 447. The van der Waals surface area contributed by atoms with E-state index in [1.54, 1.807) is 0 Å². The standard InChI is InChI=1S/C19H33NO2/c1-6-9-22-18-8-7-16(11-17(18)19(3,4)5)14(2)10-15(12-20)13-21/h7-8,11,14-15,21H,6,9-10,12-13,20H2,1-5H3. The molecule has 3 heteroatoms. The van der Waals surface area contributed by atoms with Gasteiger partial charge in [-0.3, -0.25) is 0 Å². The zero-order valence-corrected chi connectivity index (χ0v) is 14.9. The van der Waals surface area contributed by atoms with Gasteiger partial charge in [0.15, 0.2) is 0 Å². The molecule has 1 rings (SSSR count). The molecular formula is C19H33NO2. The second kappa shape index (κ2) is 8.54. The average Bonchev–Trinajstić information content (AvgIpc) is 2.49. The molecule has 1 aromatic carbocycles. The Kier molecular flexibility index (Phi) is 7.37. The molecule has 0 amide bonds. The van der Waals surface area contributed by atoms with Crippen molar-refractivity contribution in [2.24, 2.45) is 11.7 Å². The molecule has 3 nitrogen and oxygen atoms in total. The molecule has 0 spiro atoms. The summed E-state index contributed by atoms with van der Waals surface area (Å²) in [6, 6.07) is 6.51. The van der Waals surface area contributed by atoms with Gasteiger partial charge in [0.05, 0.1) is 6.61 Å². The number of benzene rings is 1. The highest BCUT2D eigenvalue weighted by molar-refractivity contribution is 5.42. The molecule has 22 heavy (non-hydrogen) atoms. The summed E-state index contributed by atoms with van der Waals surface area (Å²) in [6.45, 7) is 12.4. The van der Waals surface area contributed by atoms with Crippen molar-refractivity contribution < 1.29 is 9.84 Å². The van der Waals surface area contributed by atoms with Gasteiger partial charge in [-0.2, -0.15) is 0 Å². The lowest BCUT2D eigenvalue weighted by Crippen LogP contribution is -2.20. The zero-order valence-electron chi connectivity index (χ0n) is 14.9. The molecular weight excluding hydrogens is 274 g/mol. The molecule has 0 fully saturated rings. The molecule has 1 aromatic rings. The van der Waals surface area contributed by atoms with E-state index in [1.165, 1.54) is 11.1 Å². The van der Waals surface area contributed by atoms with E-state index in [4.69, 9.17) is 10.5 Å². The number of hydrogen-bond acceptors (Lipinski definition) is 3. The number of rotatable bonds is 8. The topological polar surface area (TPSA) is 55.5 Å². The fourth-order valence-electron chi connectivity index (χ4n) is 2.66. The Hall–Kier alpha value is -1.06. The zero-order chi connectivity index (χ0) is 16.8. The first-order chi connectivity index (χ1) is 10.3. The molecule has 2 atom stereocenters. The highest BCUT2D eigenvalue weighted by Crippen LogP contribution is 2.35. The molecule has 0 heterocycles. The molecule has 0 radical (unpaired) electrons. The van der Waals surface area contributed by atoms with Gasteiger partial charge < -0.3 is 15.6 Å². The van der Waals surface area contributed by atoms with Crippen LogP contribution < -0.4 is 10.5 Å². The molecule has 0 saturated heterocycles. The number of nitrogens with two attached hydrogens (primary N) is 1. The van der Waals surface area contributed by atoms with E-state index in [2.05, 4.69) is 52.8 Å². The van der Waals surface area contributed by atoms with Gasteiger partial charge in [0.25, 0.3) is 0 Å². The fraction of sp³-hybridized carbons (Fsp3) is 0.684. The molecule has 0 aliphatic carbocycles. The lowest BCUT2D eigenvalue weighted by molar-refractivity contribution is 0.217. The number of ether oxygens (including phenoxy) is 1. The van der Waals surface area contributed by atoms with Crippen LogP contribution in [0.25, 0.3) is 0 Å². The van der Waals surface area contributed by atoms with Crippen LogP contribution in [0.2, 0.25) is 0 Å². The summed E-state index contributed by atoms with van der Waals surface area (Å²) in [7, 11) is 0. The minimum Gasteiger partial charge on any atom is -0.493 e. The molecule has 0 saturated carbocycles. The van der Waals surface area contributed by atoms with E-state index >= 15 is 0 Å². The molecule has 0 bridgehead atoms. The van der Waals surface area contributed by atoms with Crippen LogP contribution in [-0.4, -0.2) is 24.9 Å². The van der Waals surface area contributed by atoms with E-state index in [1.807, 2.05) is 0 Å². The summed E-state index contributed by atoms with van der Waals surface area (Å²) in [5.41, 5.74) is 8.29. The largest absolute Gasteiger partial charge is 0.493 e. The van der Waals surface area contributed by atoms with E-state index in [0.29, 0.717) is 12.5 Å². The SMILES string of the molecule is CCCOc1ccc(C(C)CC(CN)CO)cc1C(C)(C)C. The summed E-state index contributed by atoms with van der Waals surface area (Å²) in [6.07, 6.45) is 1.92. The van der Waals surface area contributed by atoms with Crippen molar-refractivity contribution >= 4 is 0 Å². The van der Waals surface area contributed by atoms with Gasteiger partial charge in [-0.25, -0.2) is 0 Å². The first-order valence-corrected chi connectivity index (χ1v) is 8.41. The van der Waals surface area contributed by atoms with Gasteiger partial charge in [0, 0.05) is 6.61 Å². The first kappa shape index (κ1) is 19.0. The van der Waals surface area contributed by atoms with Gasteiger partial charge in [0.2, 0.25) is 0 Å². The normalized spacial score (nSPS) is 14.7. The summed E-state index contributed by atoms with van der Waals surface area (Å²) in [4.78, 5) is 0. The predicted molar refractivity (Wildman–Crippen MR) is 93.6 cm³/mol. The van der Waals surface area contributed by atoms with Crippen molar-refractivity contribution in [1.82, 2.24) is 0 Å². The van der Waals surface area contributed by atoms with Gasteiger partial charge in [-0.1, -0.05) is 46.8 Å². The third-order valence-corrected chi connectivity index (χ3v) is 4.12. The molecule has 3 N–H and O–H groups in total. The highest BCUT2D eigenvalue weighted by atomic mass is 16.5. The van der Waals surface area contributed by atoms with Crippen molar-refractivity contribution in [1.29, 1.82) is 0 Å². The molecule has 0 aliphatic rings. The molecule has 0 aromatic heterocycles. The number of aliphatic hydroxyl groups excluding tert-OH is 1. The van der Waals surface area contributed by atoms with Crippen LogP contribution in [0.15, 0.2) is 18.2 Å². The smallest absolute Gasteiger partial charge is 0.123 e. The van der Waals surface area contributed by atoms with Crippen LogP contribution >= 0.6 is 0 Å². The van der Waals surface area contributed by atoms with Crippen LogP contribution in [-0.2, 0) is 5.41 Å². The van der Waals surface area contributed by atoms with E-state index < -0.39 is 0 Å². The first-order valence-electron chi connectivity index (χ1n) is 8.41. The van der Waals surface area contributed by atoms with Crippen molar-refractivity contribution in [3.05, 3.63) is 29.3 Å². The predicted octanol–water partition coefficient (Wildman–Crippen LogP) is 3.83. The molecule has 126 valence electrons. The lowest BCUT2D eigenvalue weighted by Gasteiger charge is -2.25. The van der Waals surface area contributed by atoms with Gasteiger partial charge in [-0.15, -0.1) is 0 Å². The fourth-order valence-corrected chi connectivity index (χ4v) is 2.66. The number of aliphatic hydroxyl groups is 1. The Morgan fingerprint density at radius 2 is 1.95 bits per heavy atom. The van der Waals surface area contributed by atoms with Crippen LogP contribution in [0.5, 0.6) is 5.75 Å². The maximum absolute atomic E-state index is 9.35. The van der Waals surface area contributed by atoms with Gasteiger partial charge in [-0.05, 0) is 53.8 Å². The Balaban J connectivity index is 3.02. The maximum atomic E-state index is 9.35. The summed E-state index contributed by atoms with van der Waals surface area (Å²) >= 11 is 0. The summed E-state index contributed by atoms with van der Waals surface area (Å²) < 4.78 is 5.91. The third kappa shape index (κ3) is 5.29. The number of hydrogen-bond donors (Lipinski definition) is 2. The van der Waals surface area contributed by atoms with Crippen LogP contribution in [0.3, 0.4) is 0 Å². The van der Waals surface area contributed by atoms with Crippen molar-refractivity contribution in [3.8, 4) is 5.75 Å². The highest BCUT2D eigenvalue weighted by Gasteiger charge is 2.21. The van der Waals surface area contributed by atoms with E-state index in [9.17, 15) is 5.11 Å². The quantitative estimate of drug-likeness (QED) is 0.767. The minimum atomic E-state index is 0.0447. The van der Waals surface area contributed by atoms with Crippen molar-refractivity contribution in [2.75, 3.05) is 19.8 Å². The summed E-state index contributed by atoms with van der Waals surface area (Å²) in [5.74, 6) is 1.54. The third-order valence-electron chi connectivity index (χ3n) is 4.12.